The molecule has 2 saturated heterocycles. The lowest BCUT2D eigenvalue weighted by molar-refractivity contribution is -0.137. The molecule has 0 unspecified atom stereocenters. The van der Waals surface area contributed by atoms with E-state index in [1.165, 1.54) is 5.56 Å². The van der Waals surface area contributed by atoms with Crippen molar-refractivity contribution < 1.29 is 9.53 Å². The predicted molar refractivity (Wildman–Crippen MR) is 84.0 cm³/mol. The fourth-order valence-corrected chi connectivity index (χ4v) is 3.62. The van der Waals surface area contributed by atoms with E-state index in [4.69, 9.17) is 4.74 Å². The van der Waals surface area contributed by atoms with Gasteiger partial charge in [0.1, 0.15) is 0 Å². The van der Waals surface area contributed by atoms with E-state index in [1.54, 1.807) is 0 Å². The number of carbonyl (C=O) groups excluding carboxylic acids is 1. The number of hydrogen-bond acceptors (Lipinski definition) is 2. The van der Waals surface area contributed by atoms with Crippen molar-refractivity contribution in [2.75, 3.05) is 6.61 Å². The van der Waals surface area contributed by atoms with Gasteiger partial charge in [0, 0.05) is 11.5 Å². The van der Waals surface area contributed by atoms with E-state index in [2.05, 4.69) is 12.1 Å². The Hall–Kier alpha value is -2.13. The zero-order valence-corrected chi connectivity index (χ0v) is 12.4. The lowest BCUT2D eigenvalue weighted by Gasteiger charge is -2.23. The number of benzene rings is 2. The predicted octanol–water partition coefficient (Wildman–Crippen LogP) is 3.18. The maximum Gasteiger partial charge on any atom is 0.228 e. The molecule has 0 spiro atoms. The van der Waals surface area contributed by atoms with Gasteiger partial charge in [-0.25, -0.2) is 0 Å². The number of nitrogens with zero attached hydrogens (tertiary/aromatic N) is 1. The van der Waals surface area contributed by atoms with Crippen LogP contribution in [-0.2, 0) is 16.0 Å². The van der Waals surface area contributed by atoms with Crippen molar-refractivity contribution in [1.82, 2.24) is 4.90 Å². The van der Waals surface area contributed by atoms with Gasteiger partial charge in [-0.3, -0.25) is 4.79 Å². The Kier molecular flexibility index (Phi) is 3.43. The van der Waals surface area contributed by atoms with Crippen molar-refractivity contribution in [2.24, 2.45) is 5.92 Å². The van der Waals surface area contributed by atoms with Crippen molar-refractivity contribution in [2.45, 2.75) is 25.1 Å². The van der Waals surface area contributed by atoms with Gasteiger partial charge in [0.05, 0.1) is 12.6 Å². The SMILES string of the molecule is O=C1[C@@H](Cc2ccccc2)C[C@H]2CO[C@H](c3ccccc3)N12. The highest BCUT2D eigenvalue weighted by Gasteiger charge is 2.47. The summed E-state index contributed by atoms with van der Waals surface area (Å²) in [6.45, 7) is 0.649. The zero-order valence-electron chi connectivity index (χ0n) is 12.4. The lowest BCUT2D eigenvalue weighted by atomic mass is 9.96. The highest BCUT2D eigenvalue weighted by atomic mass is 16.5. The highest BCUT2D eigenvalue weighted by molar-refractivity contribution is 5.82. The molecule has 1 amide bonds. The van der Waals surface area contributed by atoms with Crippen LogP contribution in [0.3, 0.4) is 0 Å². The minimum atomic E-state index is -0.209. The molecule has 2 aromatic carbocycles. The smallest absolute Gasteiger partial charge is 0.228 e. The van der Waals surface area contributed by atoms with Crippen LogP contribution < -0.4 is 0 Å². The molecule has 2 aliphatic heterocycles. The summed E-state index contributed by atoms with van der Waals surface area (Å²) in [6.07, 6.45) is 1.52. The van der Waals surface area contributed by atoms with E-state index >= 15 is 0 Å². The third kappa shape index (κ3) is 2.32. The molecule has 0 aromatic heterocycles. The standard InChI is InChI=1S/C19H19NO2/c21-18-16(11-14-7-3-1-4-8-14)12-17-13-22-19(20(17)18)15-9-5-2-6-10-15/h1-10,16-17,19H,11-13H2/t16-,17-,19+/m0/s1. The van der Waals surface area contributed by atoms with Crippen molar-refractivity contribution >= 4 is 5.91 Å². The van der Waals surface area contributed by atoms with E-state index in [0.29, 0.717) is 6.61 Å². The number of hydrogen-bond donors (Lipinski definition) is 0. The monoisotopic (exact) mass is 293 g/mol. The zero-order chi connectivity index (χ0) is 14.9. The summed E-state index contributed by atoms with van der Waals surface area (Å²) < 4.78 is 5.88. The van der Waals surface area contributed by atoms with Gasteiger partial charge >= 0.3 is 0 Å². The molecule has 2 heterocycles. The van der Waals surface area contributed by atoms with Gasteiger partial charge in [0.25, 0.3) is 0 Å². The molecule has 0 N–H and O–H groups in total. The Morgan fingerprint density at radius 3 is 2.41 bits per heavy atom. The van der Waals surface area contributed by atoms with Crippen LogP contribution in [0.4, 0.5) is 0 Å². The average Bonchev–Trinajstić information content (AvgIpc) is 3.11. The fourth-order valence-electron chi connectivity index (χ4n) is 3.62. The number of fused-ring (bicyclic) bond motifs is 1. The first kappa shape index (κ1) is 13.5. The first-order valence-corrected chi connectivity index (χ1v) is 7.85. The summed E-state index contributed by atoms with van der Waals surface area (Å²) in [5, 5.41) is 0. The molecule has 3 nitrogen and oxygen atoms in total. The van der Waals surface area contributed by atoms with Gasteiger partial charge in [-0.2, -0.15) is 0 Å². The van der Waals surface area contributed by atoms with Crippen LogP contribution in [0.25, 0.3) is 0 Å². The summed E-state index contributed by atoms with van der Waals surface area (Å²) >= 11 is 0. The van der Waals surface area contributed by atoms with Crippen LogP contribution in [0.2, 0.25) is 0 Å². The topological polar surface area (TPSA) is 29.5 Å². The van der Waals surface area contributed by atoms with Crippen molar-refractivity contribution in [3.05, 3.63) is 71.8 Å². The molecule has 112 valence electrons. The average molecular weight is 293 g/mol. The maximum absolute atomic E-state index is 12.8. The van der Waals surface area contributed by atoms with Crippen molar-refractivity contribution in [3.8, 4) is 0 Å². The Morgan fingerprint density at radius 2 is 1.68 bits per heavy atom. The van der Waals surface area contributed by atoms with Crippen LogP contribution in [0, 0.1) is 5.92 Å². The largest absolute Gasteiger partial charge is 0.352 e. The molecule has 4 rings (SSSR count). The maximum atomic E-state index is 12.8. The third-order valence-corrected chi connectivity index (χ3v) is 4.66. The van der Waals surface area contributed by atoms with E-state index in [1.807, 2.05) is 53.4 Å². The Labute approximate surface area is 130 Å². The van der Waals surface area contributed by atoms with Gasteiger partial charge in [-0.1, -0.05) is 60.7 Å². The summed E-state index contributed by atoms with van der Waals surface area (Å²) in [5.74, 6) is 0.322. The van der Waals surface area contributed by atoms with Crippen LogP contribution in [0.15, 0.2) is 60.7 Å². The van der Waals surface area contributed by atoms with Gasteiger partial charge < -0.3 is 9.64 Å². The summed E-state index contributed by atoms with van der Waals surface area (Å²) in [6, 6.07) is 20.5. The normalized spacial score (nSPS) is 27.2. The molecule has 2 aromatic rings. The molecule has 2 fully saturated rings. The molecule has 0 radical (unpaired) electrons. The second-order valence-corrected chi connectivity index (χ2v) is 6.12. The minimum Gasteiger partial charge on any atom is -0.352 e. The molecular formula is C19H19NO2. The molecule has 2 aliphatic rings. The summed E-state index contributed by atoms with van der Waals surface area (Å²) in [4.78, 5) is 14.8. The number of carbonyl (C=O) groups is 1. The fraction of sp³-hybridized carbons (Fsp3) is 0.316. The third-order valence-electron chi connectivity index (χ3n) is 4.66. The summed E-state index contributed by atoms with van der Waals surface area (Å²) in [5.41, 5.74) is 2.30. The molecule has 3 heteroatoms. The molecule has 0 saturated carbocycles. The number of ether oxygens (including phenoxy) is 1. The first-order chi connectivity index (χ1) is 10.8. The molecule has 0 aliphatic carbocycles. The van der Waals surface area contributed by atoms with Crippen molar-refractivity contribution in [3.63, 3.8) is 0 Å². The molecule has 22 heavy (non-hydrogen) atoms. The Bertz CT molecular complexity index is 656. The molecule has 0 bridgehead atoms. The van der Waals surface area contributed by atoms with Gasteiger partial charge in [0.15, 0.2) is 6.23 Å². The van der Waals surface area contributed by atoms with Crippen LogP contribution in [-0.4, -0.2) is 23.5 Å². The quantitative estimate of drug-likeness (QED) is 0.870. The second-order valence-electron chi connectivity index (χ2n) is 6.12. The highest BCUT2D eigenvalue weighted by Crippen LogP contribution is 2.40. The molecule has 3 atom stereocenters. The van der Waals surface area contributed by atoms with Gasteiger partial charge in [0.2, 0.25) is 5.91 Å². The Balaban J connectivity index is 1.54. The summed E-state index contributed by atoms with van der Waals surface area (Å²) in [7, 11) is 0. The molecular weight excluding hydrogens is 274 g/mol. The first-order valence-electron chi connectivity index (χ1n) is 7.85. The van der Waals surface area contributed by atoms with E-state index in [0.717, 1.165) is 18.4 Å². The second kappa shape index (κ2) is 5.58. The van der Waals surface area contributed by atoms with Crippen molar-refractivity contribution in [1.29, 1.82) is 0 Å². The number of rotatable bonds is 3. The van der Waals surface area contributed by atoms with Crippen LogP contribution in [0.5, 0.6) is 0 Å². The van der Waals surface area contributed by atoms with Gasteiger partial charge in [-0.15, -0.1) is 0 Å². The van der Waals surface area contributed by atoms with Crippen LogP contribution >= 0.6 is 0 Å². The minimum absolute atomic E-state index is 0.0857. The number of amides is 1. The van der Waals surface area contributed by atoms with Gasteiger partial charge in [-0.05, 0) is 18.4 Å². The van der Waals surface area contributed by atoms with E-state index < -0.39 is 0 Å². The van der Waals surface area contributed by atoms with Crippen LogP contribution in [0.1, 0.15) is 23.8 Å². The Morgan fingerprint density at radius 1 is 1.00 bits per heavy atom. The van der Waals surface area contributed by atoms with E-state index in [9.17, 15) is 4.79 Å². The van der Waals surface area contributed by atoms with E-state index in [-0.39, 0.29) is 24.1 Å². The lowest BCUT2D eigenvalue weighted by Crippen LogP contribution is -2.32.